The first-order valence-corrected chi connectivity index (χ1v) is 15.1. The predicted molar refractivity (Wildman–Crippen MR) is 135 cm³/mol. The van der Waals surface area contributed by atoms with Crippen LogP contribution >= 0.6 is 0 Å². The number of Topliss-reactive ketones (excluding diaryl/α,β-unsaturated/α-hetero) is 2. The van der Waals surface area contributed by atoms with Crippen LogP contribution in [0.3, 0.4) is 0 Å². The van der Waals surface area contributed by atoms with Gasteiger partial charge in [0.2, 0.25) is 0 Å². The largest absolute Gasteiger partial charge is 0.507 e. The topological polar surface area (TPSA) is 104 Å². The number of hydrogen-bond acceptors (Lipinski definition) is 6. The first-order valence-electron chi connectivity index (χ1n) is 12.1. The molecule has 0 saturated heterocycles. The molecule has 3 aliphatic carbocycles. The van der Waals surface area contributed by atoms with Gasteiger partial charge in [-0.05, 0) is 30.4 Å². The summed E-state index contributed by atoms with van der Waals surface area (Å²) in [5.74, 6) is -1.87. The highest BCUT2D eigenvalue weighted by molar-refractivity contribution is 6.92. The normalized spacial score (nSPS) is 32.7. The van der Waals surface area contributed by atoms with Gasteiger partial charge in [0.25, 0.3) is 0 Å². The Morgan fingerprint density at radius 1 is 1.00 bits per heavy atom. The maximum Gasteiger partial charge on any atom is 0.196 e. The summed E-state index contributed by atoms with van der Waals surface area (Å²) in [6.07, 6.45) is -1.04. The van der Waals surface area contributed by atoms with Crippen molar-refractivity contribution >= 4 is 24.8 Å². The van der Waals surface area contributed by atoms with Crippen LogP contribution < -0.4 is 5.19 Å². The number of phenols is 1. The highest BCUT2D eigenvalue weighted by Crippen LogP contribution is 2.60. The highest BCUT2D eigenvalue weighted by Gasteiger charge is 2.64. The minimum atomic E-state index is -2.14. The summed E-state index contributed by atoms with van der Waals surface area (Å²) < 4.78 is 5.59. The third-order valence-corrected chi connectivity index (χ3v) is 14.5. The number of aliphatic hydroxyl groups excluding tert-OH is 1. The molecule has 0 heterocycles. The predicted octanol–water partition coefficient (Wildman–Crippen LogP) is 3.36. The molecule has 2 aromatic rings. The Bertz CT molecular complexity index is 1250. The quantitative estimate of drug-likeness (QED) is 0.568. The van der Waals surface area contributed by atoms with Crippen molar-refractivity contribution in [3.8, 4) is 5.75 Å². The average molecular weight is 493 g/mol. The molecular formula is C28H32O6Si. The minimum absolute atomic E-state index is 0.0609. The molecule has 0 aliphatic heterocycles. The van der Waals surface area contributed by atoms with Crippen LogP contribution in [0.5, 0.6) is 5.75 Å². The van der Waals surface area contributed by atoms with E-state index in [-0.39, 0.29) is 38.8 Å². The third-order valence-electron chi connectivity index (χ3n) is 9.25. The van der Waals surface area contributed by atoms with Crippen molar-refractivity contribution in [2.75, 3.05) is 7.11 Å². The second-order valence-electron chi connectivity index (χ2n) is 11.1. The van der Waals surface area contributed by atoms with Crippen molar-refractivity contribution in [2.45, 2.75) is 62.1 Å². The van der Waals surface area contributed by atoms with Crippen molar-refractivity contribution < 1.29 is 29.6 Å². The minimum Gasteiger partial charge on any atom is -0.507 e. The lowest BCUT2D eigenvalue weighted by atomic mass is 9.57. The van der Waals surface area contributed by atoms with Crippen LogP contribution in [-0.2, 0) is 4.74 Å². The zero-order chi connectivity index (χ0) is 25.3. The molecule has 35 heavy (non-hydrogen) atoms. The summed E-state index contributed by atoms with van der Waals surface area (Å²) in [6, 6.07) is 14.8. The maximum atomic E-state index is 13.7. The summed E-state index contributed by atoms with van der Waals surface area (Å²) in [5, 5.41) is 35.1. The molecule has 0 amide bonds. The van der Waals surface area contributed by atoms with Gasteiger partial charge in [0.1, 0.15) is 23.6 Å². The van der Waals surface area contributed by atoms with E-state index >= 15 is 0 Å². The van der Waals surface area contributed by atoms with Crippen molar-refractivity contribution in [1.82, 2.24) is 0 Å². The Morgan fingerprint density at radius 3 is 2.34 bits per heavy atom. The molecule has 1 fully saturated rings. The third kappa shape index (κ3) is 3.18. The molecule has 0 unspecified atom stereocenters. The number of ether oxygens (including phenoxy) is 1. The second-order valence-corrected chi connectivity index (χ2v) is 16.1. The molecule has 7 heteroatoms. The number of ketones is 2. The van der Waals surface area contributed by atoms with Gasteiger partial charge in [-0.25, -0.2) is 0 Å². The molecule has 3 N–H and O–H groups in total. The van der Waals surface area contributed by atoms with Crippen LogP contribution in [0.1, 0.15) is 46.9 Å². The fraction of sp³-hybridized carbons (Fsp3) is 0.429. The van der Waals surface area contributed by atoms with Crippen LogP contribution in [0.25, 0.3) is 0 Å². The molecule has 5 atom stereocenters. The van der Waals surface area contributed by atoms with Crippen molar-refractivity contribution in [3.63, 3.8) is 0 Å². The fourth-order valence-electron chi connectivity index (χ4n) is 6.78. The maximum absolute atomic E-state index is 13.7. The van der Waals surface area contributed by atoms with Crippen LogP contribution in [-0.4, -0.2) is 59.9 Å². The molecule has 184 valence electrons. The van der Waals surface area contributed by atoms with Gasteiger partial charge in [0, 0.05) is 29.7 Å². The van der Waals surface area contributed by atoms with E-state index in [1.165, 1.54) is 30.5 Å². The number of rotatable bonds is 3. The summed E-state index contributed by atoms with van der Waals surface area (Å²) in [4.78, 5) is 27.3. The molecule has 2 aromatic carbocycles. The van der Waals surface area contributed by atoms with Crippen LogP contribution in [0.4, 0.5) is 0 Å². The van der Waals surface area contributed by atoms with Crippen molar-refractivity contribution in [2.24, 2.45) is 5.92 Å². The molecule has 0 bridgehead atoms. The van der Waals surface area contributed by atoms with Crippen LogP contribution in [0.15, 0.2) is 59.7 Å². The van der Waals surface area contributed by atoms with E-state index in [1.807, 2.05) is 18.2 Å². The van der Waals surface area contributed by atoms with E-state index in [1.54, 1.807) is 0 Å². The van der Waals surface area contributed by atoms with Gasteiger partial charge >= 0.3 is 0 Å². The van der Waals surface area contributed by atoms with Gasteiger partial charge in [0.05, 0.1) is 13.6 Å². The number of fused-ring (bicyclic) bond motifs is 3. The van der Waals surface area contributed by atoms with E-state index in [9.17, 15) is 24.9 Å². The lowest BCUT2D eigenvalue weighted by Crippen LogP contribution is -2.66. The number of aromatic hydroxyl groups is 1. The van der Waals surface area contributed by atoms with Gasteiger partial charge in [-0.3, -0.25) is 9.59 Å². The number of carbonyl (C=O) groups excluding carboxylic acids is 2. The van der Waals surface area contributed by atoms with E-state index in [0.29, 0.717) is 12.8 Å². The monoisotopic (exact) mass is 492 g/mol. The van der Waals surface area contributed by atoms with Gasteiger partial charge in [-0.1, -0.05) is 67.7 Å². The number of carbonyl (C=O) groups is 2. The molecule has 5 rings (SSSR count). The number of phenolic OH excluding ortho intramolecular Hbond substituents is 1. The SMILES string of the molecule is CO[C@H]1C2=C(C(=O)c3cccc(O)c3C2=O)[C@@H]2CC[C@](C)([Si](C)(C)c3ccccc3)C[C@]2(O)[C@H]1O. The number of hydrogen-bond donors (Lipinski definition) is 3. The summed E-state index contributed by atoms with van der Waals surface area (Å²) >= 11 is 0. The highest BCUT2D eigenvalue weighted by atomic mass is 28.3. The van der Waals surface area contributed by atoms with Crippen molar-refractivity contribution in [1.29, 1.82) is 0 Å². The Morgan fingerprint density at radius 2 is 1.69 bits per heavy atom. The molecule has 0 radical (unpaired) electrons. The lowest BCUT2D eigenvalue weighted by molar-refractivity contribution is -0.172. The fourth-order valence-corrected chi connectivity index (χ4v) is 10.00. The molecule has 6 nitrogen and oxygen atoms in total. The van der Waals surface area contributed by atoms with Crippen LogP contribution in [0.2, 0.25) is 18.1 Å². The van der Waals surface area contributed by atoms with E-state index in [4.69, 9.17) is 4.74 Å². The van der Waals surface area contributed by atoms with Gasteiger partial charge < -0.3 is 20.1 Å². The van der Waals surface area contributed by atoms with E-state index in [2.05, 4.69) is 32.2 Å². The first-order chi connectivity index (χ1) is 16.5. The van der Waals surface area contributed by atoms with Crippen molar-refractivity contribution in [3.05, 3.63) is 70.8 Å². The standard InChI is InChI=1S/C28H32O6Si/c1-27(35(3,4)16-9-6-5-7-10-16)14-13-18-21-22(25(34-2)26(32)28(18,33)15-27)24(31)20-17(23(21)30)11-8-12-19(20)29/h5-12,18,25-26,29,32-33H,13-15H2,1-4H3/t18-,25-,26-,27-,28+/m0/s1. The first kappa shape index (κ1) is 24.1. The Kier molecular flexibility index (Phi) is 5.49. The summed E-state index contributed by atoms with van der Waals surface area (Å²) in [5.41, 5.74) is -1.26. The smallest absolute Gasteiger partial charge is 0.196 e. The number of benzene rings is 2. The van der Waals surface area contributed by atoms with Gasteiger partial charge in [0.15, 0.2) is 11.6 Å². The molecule has 0 spiro atoms. The molecular weight excluding hydrogens is 460 g/mol. The van der Waals surface area contributed by atoms with Gasteiger partial charge in [-0.15, -0.1) is 0 Å². The summed E-state index contributed by atoms with van der Waals surface area (Å²) in [6.45, 7) is 6.75. The lowest BCUT2D eigenvalue weighted by Gasteiger charge is -2.58. The second kappa shape index (κ2) is 7.96. The number of methoxy groups -OCH3 is 1. The summed E-state index contributed by atoms with van der Waals surface area (Å²) in [7, 11) is -0.774. The molecule has 0 aromatic heterocycles. The number of aliphatic hydroxyl groups is 2. The average Bonchev–Trinajstić information content (AvgIpc) is 2.83. The van der Waals surface area contributed by atoms with E-state index < -0.39 is 37.6 Å². The van der Waals surface area contributed by atoms with Crippen LogP contribution in [0, 0.1) is 5.92 Å². The Labute approximate surface area is 206 Å². The zero-order valence-electron chi connectivity index (χ0n) is 20.5. The molecule has 3 aliphatic rings. The zero-order valence-corrected chi connectivity index (χ0v) is 21.5. The molecule has 1 saturated carbocycles. The Balaban J connectivity index is 1.64. The van der Waals surface area contributed by atoms with Gasteiger partial charge in [-0.2, -0.15) is 0 Å². The Hall–Kier alpha value is -2.58. The van der Waals surface area contributed by atoms with E-state index in [0.717, 1.165) is 6.42 Å².